The Bertz CT molecular complexity index is 449. The highest BCUT2D eigenvalue weighted by molar-refractivity contribution is 5.76. The third-order valence-corrected chi connectivity index (χ3v) is 2.96. The van der Waals surface area contributed by atoms with Crippen LogP contribution in [0.25, 0.3) is 0 Å². The maximum absolute atomic E-state index is 13.5. The van der Waals surface area contributed by atoms with Gasteiger partial charge in [0.15, 0.2) is 0 Å². The van der Waals surface area contributed by atoms with E-state index in [1.807, 2.05) is 13.8 Å². The largest absolute Gasteiger partial charge is 0.396 e. The highest BCUT2D eigenvalue weighted by Gasteiger charge is 2.14. The molecule has 0 saturated heterocycles. The average molecular weight is 285 g/mol. The molecule has 3 nitrogen and oxygen atoms in total. The normalized spacial score (nSPS) is 12.5. The van der Waals surface area contributed by atoms with E-state index in [4.69, 9.17) is 0 Å². The number of rotatable bonds is 7. The SMILES string of the molecule is CC(C)CC(=O)NCC(CO)Cc1cc(F)ccc1F. The van der Waals surface area contributed by atoms with Crippen molar-refractivity contribution in [3.63, 3.8) is 0 Å². The van der Waals surface area contributed by atoms with Crippen LogP contribution in [-0.4, -0.2) is 24.2 Å². The third kappa shape index (κ3) is 5.65. The van der Waals surface area contributed by atoms with Crippen LogP contribution in [0.5, 0.6) is 0 Å². The first-order valence-electron chi connectivity index (χ1n) is 6.73. The molecular formula is C15H21F2NO2. The summed E-state index contributed by atoms with van der Waals surface area (Å²) in [6, 6.07) is 3.24. The molecule has 1 atom stereocenters. The van der Waals surface area contributed by atoms with E-state index in [2.05, 4.69) is 5.32 Å². The molecule has 1 unspecified atom stereocenters. The Kier molecular flexibility index (Phi) is 6.58. The van der Waals surface area contributed by atoms with E-state index < -0.39 is 11.6 Å². The number of hydrogen-bond acceptors (Lipinski definition) is 2. The van der Waals surface area contributed by atoms with Crippen molar-refractivity contribution in [3.05, 3.63) is 35.4 Å². The molecule has 5 heteroatoms. The first kappa shape index (κ1) is 16.6. The number of benzene rings is 1. The fourth-order valence-electron chi connectivity index (χ4n) is 1.91. The van der Waals surface area contributed by atoms with Crippen molar-refractivity contribution < 1.29 is 18.7 Å². The van der Waals surface area contributed by atoms with Crippen LogP contribution < -0.4 is 5.32 Å². The molecule has 2 N–H and O–H groups in total. The molecule has 0 bridgehead atoms. The van der Waals surface area contributed by atoms with Gasteiger partial charge >= 0.3 is 0 Å². The minimum absolute atomic E-state index is 0.0989. The van der Waals surface area contributed by atoms with Gasteiger partial charge in [-0.2, -0.15) is 0 Å². The summed E-state index contributed by atoms with van der Waals surface area (Å²) in [5, 5.41) is 12.0. The molecule has 0 heterocycles. The van der Waals surface area contributed by atoms with E-state index >= 15 is 0 Å². The lowest BCUT2D eigenvalue weighted by molar-refractivity contribution is -0.122. The maximum Gasteiger partial charge on any atom is 0.220 e. The van der Waals surface area contributed by atoms with Crippen LogP contribution in [-0.2, 0) is 11.2 Å². The van der Waals surface area contributed by atoms with Crippen molar-refractivity contribution in [1.29, 1.82) is 0 Å². The summed E-state index contributed by atoms with van der Waals surface area (Å²) in [5.74, 6) is -1.19. The van der Waals surface area contributed by atoms with Gasteiger partial charge in [-0.25, -0.2) is 8.78 Å². The van der Waals surface area contributed by atoms with E-state index in [1.165, 1.54) is 0 Å². The molecule has 1 rings (SSSR count). The predicted octanol–water partition coefficient (Wildman–Crippen LogP) is 2.28. The van der Waals surface area contributed by atoms with Gasteiger partial charge in [-0.15, -0.1) is 0 Å². The highest BCUT2D eigenvalue weighted by atomic mass is 19.1. The maximum atomic E-state index is 13.5. The van der Waals surface area contributed by atoms with Gasteiger partial charge in [-0.1, -0.05) is 13.8 Å². The standard InChI is InChI=1S/C15H21F2NO2/c1-10(2)5-15(20)18-8-11(9-19)6-12-7-13(16)3-4-14(12)17/h3-4,7,10-11,19H,5-6,8-9H2,1-2H3,(H,18,20). The van der Waals surface area contributed by atoms with Crippen LogP contribution in [0.2, 0.25) is 0 Å². The molecule has 0 saturated carbocycles. The molecule has 1 aromatic rings. The zero-order chi connectivity index (χ0) is 15.1. The third-order valence-electron chi connectivity index (χ3n) is 2.96. The van der Waals surface area contributed by atoms with Crippen LogP contribution in [0.3, 0.4) is 0 Å². The molecule has 0 aliphatic rings. The Morgan fingerprint density at radius 2 is 2.05 bits per heavy atom. The number of carbonyl (C=O) groups is 1. The Labute approximate surface area is 118 Å². The molecule has 0 radical (unpaired) electrons. The van der Waals surface area contributed by atoms with Gasteiger partial charge in [0, 0.05) is 25.5 Å². The molecule has 0 aromatic heterocycles. The Morgan fingerprint density at radius 1 is 1.35 bits per heavy atom. The van der Waals surface area contributed by atoms with Crippen LogP contribution in [0, 0.1) is 23.5 Å². The molecule has 0 aliphatic carbocycles. The second-order valence-corrected chi connectivity index (χ2v) is 5.39. The fraction of sp³-hybridized carbons (Fsp3) is 0.533. The Hall–Kier alpha value is -1.49. The van der Waals surface area contributed by atoms with Crippen LogP contribution in [0.15, 0.2) is 18.2 Å². The van der Waals surface area contributed by atoms with E-state index in [1.54, 1.807) is 0 Å². The van der Waals surface area contributed by atoms with Crippen molar-refractivity contribution in [1.82, 2.24) is 5.32 Å². The smallest absolute Gasteiger partial charge is 0.220 e. The van der Waals surface area contributed by atoms with Crippen molar-refractivity contribution in [2.75, 3.05) is 13.2 Å². The zero-order valence-corrected chi connectivity index (χ0v) is 11.8. The predicted molar refractivity (Wildman–Crippen MR) is 73.1 cm³/mol. The topological polar surface area (TPSA) is 49.3 Å². The molecular weight excluding hydrogens is 264 g/mol. The van der Waals surface area contributed by atoms with Gasteiger partial charge in [0.25, 0.3) is 0 Å². The molecule has 0 aliphatic heterocycles. The number of carbonyl (C=O) groups excluding carboxylic acids is 1. The Balaban J connectivity index is 2.55. The monoisotopic (exact) mass is 285 g/mol. The Morgan fingerprint density at radius 3 is 2.65 bits per heavy atom. The number of aliphatic hydroxyl groups is 1. The van der Waals surface area contributed by atoms with Gasteiger partial charge < -0.3 is 10.4 Å². The number of aliphatic hydroxyl groups excluding tert-OH is 1. The quantitative estimate of drug-likeness (QED) is 0.807. The minimum atomic E-state index is -0.512. The zero-order valence-electron chi connectivity index (χ0n) is 11.8. The van der Waals surface area contributed by atoms with E-state index in [9.17, 15) is 18.7 Å². The number of halogens is 2. The molecule has 1 aromatic carbocycles. The van der Waals surface area contributed by atoms with Gasteiger partial charge in [0.2, 0.25) is 5.91 Å². The second-order valence-electron chi connectivity index (χ2n) is 5.39. The average Bonchev–Trinajstić information content (AvgIpc) is 2.37. The molecule has 0 fully saturated rings. The van der Waals surface area contributed by atoms with Gasteiger partial charge in [0.1, 0.15) is 11.6 Å². The van der Waals surface area contributed by atoms with Gasteiger partial charge in [-0.3, -0.25) is 4.79 Å². The van der Waals surface area contributed by atoms with Gasteiger partial charge in [0.05, 0.1) is 0 Å². The molecule has 0 spiro atoms. The lowest BCUT2D eigenvalue weighted by atomic mass is 9.99. The lowest BCUT2D eigenvalue weighted by Crippen LogP contribution is -2.32. The van der Waals surface area contributed by atoms with Crippen molar-refractivity contribution in [2.45, 2.75) is 26.7 Å². The number of amides is 1. The van der Waals surface area contributed by atoms with Crippen LogP contribution in [0.1, 0.15) is 25.8 Å². The van der Waals surface area contributed by atoms with E-state index in [0.717, 1.165) is 18.2 Å². The van der Waals surface area contributed by atoms with Crippen molar-refractivity contribution in [2.24, 2.45) is 11.8 Å². The van der Waals surface area contributed by atoms with Crippen molar-refractivity contribution in [3.8, 4) is 0 Å². The summed E-state index contributed by atoms with van der Waals surface area (Å²) in [4.78, 5) is 11.5. The minimum Gasteiger partial charge on any atom is -0.396 e. The van der Waals surface area contributed by atoms with E-state index in [-0.39, 0.29) is 42.9 Å². The summed E-state index contributed by atoms with van der Waals surface area (Å²) >= 11 is 0. The molecule has 112 valence electrons. The summed E-state index contributed by atoms with van der Waals surface area (Å²) in [5.41, 5.74) is 0.210. The summed E-state index contributed by atoms with van der Waals surface area (Å²) < 4.78 is 26.6. The molecule has 20 heavy (non-hydrogen) atoms. The lowest BCUT2D eigenvalue weighted by Gasteiger charge is -2.16. The van der Waals surface area contributed by atoms with Crippen LogP contribution in [0.4, 0.5) is 8.78 Å². The first-order valence-corrected chi connectivity index (χ1v) is 6.73. The molecule has 1 amide bonds. The number of nitrogens with one attached hydrogen (secondary N) is 1. The van der Waals surface area contributed by atoms with E-state index in [0.29, 0.717) is 6.42 Å². The summed E-state index contributed by atoms with van der Waals surface area (Å²) in [6.07, 6.45) is 0.592. The summed E-state index contributed by atoms with van der Waals surface area (Å²) in [7, 11) is 0. The first-order chi connectivity index (χ1) is 9.42. The summed E-state index contributed by atoms with van der Waals surface area (Å²) in [6.45, 7) is 3.92. The van der Waals surface area contributed by atoms with Crippen molar-refractivity contribution >= 4 is 5.91 Å². The second kappa shape index (κ2) is 7.94. The highest BCUT2D eigenvalue weighted by Crippen LogP contribution is 2.14. The number of hydrogen-bond donors (Lipinski definition) is 2. The van der Waals surface area contributed by atoms with Crippen LogP contribution >= 0.6 is 0 Å². The fourth-order valence-corrected chi connectivity index (χ4v) is 1.91. The van der Waals surface area contributed by atoms with Gasteiger partial charge in [-0.05, 0) is 36.1 Å².